The van der Waals surface area contributed by atoms with Gasteiger partial charge in [-0.15, -0.1) is 0 Å². The van der Waals surface area contributed by atoms with Gasteiger partial charge in [0, 0.05) is 31.3 Å². The van der Waals surface area contributed by atoms with E-state index >= 15 is 0 Å². The van der Waals surface area contributed by atoms with E-state index in [0.717, 1.165) is 12.8 Å². The molecule has 0 spiro atoms. The average Bonchev–Trinajstić information content (AvgIpc) is 2.41. The standard InChI is InChI=1S/C13H12ClN3O2/c14-11-7-10-12(16-6-5-15-10)13(17-11)19-9-3-1-8(18)2-4-9/h5-7,9H,1-4H2. The Kier molecular flexibility index (Phi) is 3.29. The summed E-state index contributed by atoms with van der Waals surface area (Å²) in [6.07, 6.45) is 5.75. The minimum atomic E-state index is -0.00567. The van der Waals surface area contributed by atoms with Gasteiger partial charge < -0.3 is 4.74 Å². The Labute approximate surface area is 115 Å². The number of hydrogen-bond acceptors (Lipinski definition) is 5. The number of Topliss-reactive ketones (excluding diaryl/α,β-unsaturated/α-hetero) is 1. The number of hydrogen-bond donors (Lipinski definition) is 0. The van der Waals surface area contributed by atoms with Crippen molar-refractivity contribution in [3.63, 3.8) is 0 Å². The molecule has 3 rings (SSSR count). The van der Waals surface area contributed by atoms with E-state index in [-0.39, 0.29) is 6.10 Å². The Bertz CT molecular complexity index is 622. The summed E-state index contributed by atoms with van der Waals surface area (Å²) in [5.74, 6) is 0.693. The Morgan fingerprint density at radius 2 is 1.95 bits per heavy atom. The third-order valence-electron chi connectivity index (χ3n) is 3.16. The summed E-state index contributed by atoms with van der Waals surface area (Å²) in [7, 11) is 0. The van der Waals surface area contributed by atoms with Crippen LogP contribution in [-0.2, 0) is 4.79 Å². The van der Waals surface area contributed by atoms with Crippen molar-refractivity contribution in [1.29, 1.82) is 0 Å². The molecule has 1 aliphatic carbocycles. The molecule has 6 heteroatoms. The van der Waals surface area contributed by atoms with Crippen molar-refractivity contribution >= 4 is 28.4 Å². The first kappa shape index (κ1) is 12.3. The monoisotopic (exact) mass is 277 g/mol. The molecule has 0 radical (unpaired) electrons. The van der Waals surface area contributed by atoms with Crippen LogP contribution in [0.1, 0.15) is 25.7 Å². The Balaban J connectivity index is 1.89. The number of carbonyl (C=O) groups excluding carboxylic acids is 1. The predicted octanol–water partition coefficient (Wildman–Crippen LogP) is 2.57. The first-order valence-electron chi connectivity index (χ1n) is 6.18. The van der Waals surface area contributed by atoms with Gasteiger partial charge in [-0.25, -0.2) is 4.98 Å². The lowest BCUT2D eigenvalue weighted by atomic mass is 9.96. The molecule has 0 aliphatic heterocycles. The number of aromatic nitrogens is 3. The zero-order chi connectivity index (χ0) is 13.2. The molecule has 2 aromatic heterocycles. The first-order chi connectivity index (χ1) is 9.22. The van der Waals surface area contributed by atoms with E-state index in [0.29, 0.717) is 40.7 Å². The van der Waals surface area contributed by atoms with Crippen LogP contribution in [0, 0.1) is 0 Å². The molecule has 5 nitrogen and oxygen atoms in total. The van der Waals surface area contributed by atoms with Gasteiger partial charge >= 0.3 is 0 Å². The lowest BCUT2D eigenvalue weighted by Crippen LogP contribution is -2.24. The molecule has 2 aromatic rings. The number of ketones is 1. The number of pyridine rings is 1. The van der Waals surface area contributed by atoms with Gasteiger partial charge in [0.2, 0.25) is 5.88 Å². The number of nitrogens with zero attached hydrogens (tertiary/aromatic N) is 3. The molecular formula is C13H12ClN3O2. The largest absolute Gasteiger partial charge is 0.473 e. The van der Waals surface area contributed by atoms with Crippen molar-refractivity contribution in [2.24, 2.45) is 0 Å². The lowest BCUT2D eigenvalue weighted by Gasteiger charge is -2.22. The van der Waals surface area contributed by atoms with Crippen LogP contribution in [0.5, 0.6) is 5.88 Å². The molecule has 0 N–H and O–H groups in total. The second-order valence-corrected chi connectivity index (χ2v) is 4.92. The molecule has 2 heterocycles. The highest BCUT2D eigenvalue weighted by molar-refractivity contribution is 6.30. The van der Waals surface area contributed by atoms with Crippen molar-refractivity contribution in [3.8, 4) is 5.88 Å². The molecule has 1 aliphatic rings. The SMILES string of the molecule is O=C1CCC(Oc2nc(Cl)cc3nccnc23)CC1. The van der Waals surface area contributed by atoms with E-state index in [1.165, 1.54) is 0 Å². The third-order valence-corrected chi connectivity index (χ3v) is 3.36. The molecule has 0 atom stereocenters. The van der Waals surface area contributed by atoms with Crippen LogP contribution < -0.4 is 4.74 Å². The van der Waals surface area contributed by atoms with Gasteiger partial charge in [0.15, 0.2) is 5.52 Å². The predicted molar refractivity (Wildman–Crippen MR) is 70.2 cm³/mol. The third kappa shape index (κ3) is 2.66. The van der Waals surface area contributed by atoms with Crippen molar-refractivity contribution in [3.05, 3.63) is 23.6 Å². The van der Waals surface area contributed by atoms with Gasteiger partial charge in [-0.3, -0.25) is 9.78 Å². The molecule has 0 aromatic carbocycles. The minimum absolute atomic E-state index is 0.00567. The van der Waals surface area contributed by atoms with Crippen LogP contribution in [-0.4, -0.2) is 26.8 Å². The second kappa shape index (κ2) is 5.09. The first-order valence-corrected chi connectivity index (χ1v) is 6.56. The van der Waals surface area contributed by atoms with Crippen molar-refractivity contribution in [1.82, 2.24) is 15.0 Å². The van der Waals surface area contributed by atoms with Crippen LogP contribution in [0.3, 0.4) is 0 Å². The van der Waals surface area contributed by atoms with E-state index in [1.54, 1.807) is 18.5 Å². The van der Waals surface area contributed by atoms with Crippen LogP contribution in [0.15, 0.2) is 18.5 Å². The summed E-state index contributed by atoms with van der Waals surface area (Å²) < 4.78 is 5.85. The summed E-state index contributed by atoms with van der Waals surface area (Å²) in [5, 5.41) is 0.329. The summed E-state index contributed by atoms with van der Waals surface area (Å²) in [4.78, 5) is 23.8. The number of rotatable bonds is 2. The summed E-state index contributed by atoms with van der Waals surface area (Å²) >= 11 is 5.95. The fraction of sp³-hybridized carbons (Fsp3) is 0.385. The topological polar surface area (TPSA) is 65.0 Å². The quantitative estimate of drug-likeness (QED) is 0.789. The van der Waals surface area contributed by atoms with E-state index in [2.05, 4.69) is 15.0 Å². The number of ether oxygens (including phenoxy) is 1. The van der Waals surface area contributed by atoms with Gasteiger partial charge in [-0.1, -0.05) is 11.6 Å². The maximum atomic E-state index is 11.2. The van der Waals surface area contributed by atoms with Gasteiger partial charge in [-0.2, -0.15) is 4.98 Å². The fourth-order valence-corrected chi connectivity index (χ4v) is 2.37. The second-order valence-electron chi connectivity index (χ2n) is 4.53. The lowest BCUT2D eigenvalue weighted by molar-refractivity contribution is -0.121. The zero-order valence-corrected chi connectivity index (χ0v) is 10.9. The van der Waals surface area contributed by atoms with E-state index in [4.69, 9.17) is 16.3 Å². The molecule has 0 saturated heterocycles. The maximum absolute atomic E-state index is 11.2. The maximum Gasteiger partial charge on any atom is 0.243 e. The highest BCUT2D eigenvalue weighted by Gasteiger charge is 2.22. The van der Waals surface area contributed by atoms with Crippen molar-refractivity contribution in [2.75, 3.05) is 0 Å². The zero-order valence-electron chi connectivity index (χ0n) is 10.2. The Morgan fingerprint density at radius 3 is 2.74 bits per heavy atom. The number of halogens is 1. The van der Waals surface area contributed by atoms with Crippen LogP contribution in [0.2, 0.25) is 5.15 Å². The molecule has 1 fully saturated rings. The van der Waals surface area contributed by atoms with Gasteiger partial charge in [0.1, 0.15) is 17.0 Å². The highest BCUT2D eigenvalue weighted by atomic mass is 35.5. The van der Waals surface area contributed by atoms with Crippen molar-refractivity contribution in [2.45, 2.75) is 31.8 Å². The summed E-state index contributed by atoms with van der Waals surface area (Å²) in [6, 6.07) is 1.65. The molecule has 0 bridgehead atoms. The minimum Gasteiger partial charge on any atom is -0.473 e. The summed E-state index contributed by atoms with van der Waals surface area (Å²) in [5.41, 5.74) is 1.26. The van der Waals surface area contributed by atoms with E-state index in [1.807, 2.05) is 0 Å². The van der Waals surface area contributed by atoms with Crippen LogP contribution in [0.25, 0.3) is 11.0 Å². The van der Waals surface area contributed by atoms with Crippen LogP contribution >= 0.6 is 11.6 Å². The molecule has 98 valence electrons. The molecule has 0 amide bonds. The Morgan fingerprint density at radius 1 is 1.21 bits per heavy atom. The van der Waals surface area contributed by atoms with Crippen LogP contribution in [0.4, 0.5) is 0 Å². The molecule has 0 unspecified atom stereocenters. The Hall–Kier alpha value is -1.75. The smallest absolute Gasteiger partial charge is 0.243 e. The normalized spacial score (nSPS) is 16.8. The summed E-state index contributed by atoms with van der Waals surface area (Å²) in [6.45, 7) is 0. The average molecular weight is 278 g/mol. The van der Waals surface area contributed by atoms with Gasteiger partial charge in [0.05, 0.1) is 5.52 Å². The number of fused-ring (bicyclic) bond motifs is 1. The fourth-order valence-electron chi connectivity index (χ4n) is 2.19. The molecule has 19 heavy (non-hydrogen) atoms. The van der Waals surface area contributed by atoms with Gasteiger partial charge in [-0.05, 0) is 12.8 Å². The highest BCUT2D eigenvalue weighted by Crippen LogP contribution is 2.27. The van der Waals surface area contributed by atoms with E-state index in [9.17, 15) is 4.79 Å². The van der Waals surface area contributed by atoms with E-state index < -0.39 is 0 Å². The van der Waals surface area contributed by atoms with Crippen molar-refractivity contribution < 1.29 is 9.53 Å². The molecule has 1 saturated carbocycles. The molecular weight excluding hydrogens is 266 g/mol. The number of carbonyl (C=O) groups is 1. The van der Waals surface area contributed by atoms with Gasteiger partial charge in [0.25, 0.3) is 0 Å².